The second kappa shape index (κ2) is 9.92. The van der Waals surface area contributed by atoms with Gasteiger partial charge in [-0.15, -0.1) is 0 Å². The molecule has 142 valence electrons. The van der Waals surface area contributed by atoms with Crippen LogP contribution in [-0.4, -0.2) is 19.2 Å². The standard InChI is InChI=1S/C23H22N2O3/c1-27-21-11-7-18(8-12-21)15-23(26)25-24-16-19-9-13-22(14-10-19)28-17-20-5-3-2-4-6-20/h2-14,16H,15,17H2,1H3,(H,25,26). The first-order valence-corrected chi connectivity index (χ1v) is 8.94. The second-order valence-corrected chi connectivity index (χ2v) is 6.16. The third kappa shape index (κ3) is 5.99. The van der Waals surface area contributed by atoms with E-state index >= 15 is 0 Å². The van der Waals surface area contributed by atoms with Crippen molar-refractivity contribution in [3.05, 3.63) is 95.6 Å². The van der Waals surface area contributed by atoms with Crippen molar-refractivity contribution >= 4 is 12.1 Å². The molecule has 3 rings (SSSR count). The number of hydrazone groups is 1. The van der Waals surface area contributed by atoms with Crippen molar-refractivity contribution in [3.63, 3.8) is 0 Å². The molecule has 0 spiro atoms. The highest BCUT2D eigenvalue weighted by atomic mass is 16.5. The number of hydrogen-bond acceptors (Lipinski definition) is 4. The smallest absolute Gasteiger partial charge is 0.244 e. The van der Waals surface area contributed by atoms with Crippen LogP contribution in [0.25, 0.3) is 0 Å². The van der Waals surface area contributed by atoms with E-state index in [1.165, 1.54) is 0 Å². The lowest BCUT2D eigenvalue weighted by Crippen LogP contribution is -2.19. The molecule has 3 aromatic carbocycles. The van der Waals surface area contributed by atoms with E-state index in [0.29, 0.717) is 6.61 Å². The number of methoxy groups -OCH3 is 1. The number of amides is 1. The second-order valence-electron chi connectivity index (χ2n) is 6.16. The molecule has 5 heteroatoms. The van der Waals surface area contributed by atoms with Crippen LogP contribution in [0.2, 0.25) is 0 Å². The summed E-state index contributed by atoms with van der Waals surface area (Å²) < 4.78 is 10.9. The minimum absolute atomic E-state index is 0.177. The zero-order valence-electron chi connectivity index (χ0n) is 15.7. The molecule has 0 bridgehead atoms. The molecule has 1 amide bonds. The van der Waals surface area contributed by atoms with Gasteiger partial charge >= 0.3 is 0 Å². The van der Waals surface area contributed by atoms with Gasteiger partial charge in [0.1, 0.15) is 18.1 Å². The van der Waals surface area contributed by atoms with E-state index in [-0.39, 0.29) is 12.3 Å². The lowest BCUT2D eigenvalue weighted by Gasteiger charge is -2.06. The minimum atomic E-state index is -0.177. The number of benzene rings is 3. The van der Waals surface area contributed by atoms with Gasteiger partial charge in [0, 0.05) is 0 Å². The lowest BCUT2D eigenvalue weighted by atomic mass is 10.1. The van der Waals surface area contributed by atoms with Crippen LogP contribution in [0.4, 0.5) is 0 Å². The summed E-state index contributed by atoms with van der Waals surface area (Å²) in [6, 6.07) is 24.9. The number of nitrogens with zero attached hydrogens (tertiary/aromatic N) is 1. The number of carbonyl (C=O) groups excluding carboxylic acids is 1. The van der Waals surface area contributed by atoms with E-state index in [9.17, 15) is 4.79 Å². The summed E-state index contributed by atoms with van der Waals surface area (Å²) in [7, 11) is 1.61. The molecule has 0 radical (unpaired) electrons. The van der Waals surface area contributed by atoms with Crippen LogP contribution in [0.3, 0.4) is 0 Å². The van der Waals surface area contributed by atoms with Crippen molar-refractivity contribution in [3.8, 4) is 11.5 Å². The molecular weight excluding hydrogens is 352 g/mol. The molecule has 0 aliphatic carbocycles. The summed E-state index contributed by atoms with van der Waals surface area (Å²) in [4.78, 5) is 12.0. The Bertz CT molecular complexity index is 905. The van der Waals surface area contributed by atoms with Crippen LogP contribution in [-0.2, 0) is 17.8 Å². The highest BCUT2D eigenvalue weighted by molar-refractivity contribution is 5.83. The van der Waals surface area contributed by atoms with E-state index in [2.05, 4.69) is 10.5 Å². The predicted molar refractivity (Wildman–Crippen MR) is 110 cm³/mol. The van der Waals surface area contributed by atoms with Crippen molar-refractivity contribution < 1.29 is 14.3 Å². The van der Waals surface area contributed by atoms with Gasteiger partial charge in [-0.2, -0.15) is 5.10 Å². The Labute approximate surface area is 164 Å². The Hall–Kier alpha value is -3.60. The zero-order chi connectivity index (χ0) is 19.6. The molecule has 5 nitrogen and oxygen atoms in total. The van der Waals surface area contributed by atoms with E-state index in [0.717, 1.165) is 28.2 Å². The van der Waals surface area contributed by atoms with E-state index in [1.807, 2.05) is 78.9 Å². The normalized spacial score (nSPS) is 10.6. The fourth-order valence-corrected chi connectivity index (χ4v) is 2.54. The van der Waals surface area contributed by atoms with E-state index < -0.39 is 0 Å². The van der Waals surface area contributed by atoms with Gasteiger partial charge < -0.3 is 9.47 Å². The molecule has 0 aliphatic heterocycles. The molecule has 0 heterocycles. The van der Waals surface area contributed by atoms with Gasteiger partial charge in [0.05, 0.1) is 19.7 Å². The first kappa shape index (κ1) is 19.2. The number of hydrogen-bond donors (Lipinski definition) is 1. The van der Waals surface area contributed by atoms with Gasteiger partial charge in [0.25, 0.3) is 0 Å². The molecule has 3 aromatic rings. The molecule has 28 heavy (non-hydrogen) atoms. The highest BCUT2D eigenvalue weighted by Gasteiger charge is 2.02. The monoisotopic (exact) mass is 374 g/mol. The Balaban J connectivity index is 1.45. The number of ether oxygens (including phenoxy) is 2. The van der Waals surface area contributed by atoms with Crippen LogP contribution in [0.15, 0.2) is 84.0 Å². The fourth-order valence-electron chi connectivity index (χ4n) is 2.54. The maximum atomic E-state index is 12.0. The van der Waals surface area contributed by atoms with Crippen molar-refractivity contribution in [1.82, 2.24) is 5.43 Å². The SMILES string of the molecule is COc1ccc(CC(=O)NN=Cc2ccc(OCc3ccccc3)cc2)cc1. The Morgan fingerprint density at radius 2 is 1.57 bits per heavy atom. The summed E-state index contributed by atoms with van der Waals surface area (Å²) >= 11 is 0. The fraction of sp³-hybridized carbons (Fsp3) is 0.130. The van der Waals surface area contributed by atoms with Gasteiger partial charge in [-0.1, -0.05) is 42.5 Å². The summed E-state index contributed by atoms with van der Waals surface area (Å²) in [5.41, 5.74) is 5.42. The molecule has 0 fully saturated rings. The van der Waals surface area contributed by atoms with Gasteiger partial charge in [-0.05, 0) is 53.1 Å². The third-order valence-electron chi connectivity index (χ3n) is 4.06. The first-order valence-electron chi connectivity index (χ1n) is 8.94. The van der Waals surface area contributed by atoms with Crippen LogP contribution in [0.1, 0.15) is 16.7 Å². The number of carbonyl (C=O) groups is 1. The molecular formula is C23H22N2O3. The quantitative estimate of drug-likeness (QED) is 0.479. The zero-order valence-corrected chi connectivity index (χ0v) is 15.7. The largest absolute Gasteiger partial charge is 0.497 e. The van der Waals surface area contributed by atoms with Crippen LogP contribution < -0.4 is 14.9 Å². The van der Waals surface area contributed by atoms with Gasteiger partial charge in [-0.25, -0.2) is 5.43 Å². The Morgan fingerprint density at radius 3 is 2.25 bits per heavy atom. The average molecular weight is 374 g/mol. The number of rotatable bonds is 8. The minimum Gasteiger partial charge on any atom is -0.497 e. The lowest BCUT2D eigenvalue weighted by molar-refractivity contribution is -0.120. The Kier molecular flexibility index (Phi) is 6.79. The van der Waals surface area contributed by atoms with Crippen LogP contribution in [0, 0.1) is 0 Å². The topological polar surface area (TPSA) is 59.9 Å². The molecule has 0 atom stereocenters. The van der Waals surface area contributed by atoms with Crippen LogP contribution in [0.5, 0.6) is 11.5 Å². The summed E-state index contributed by atoms with van der Waals surface area (Å²) in [6.45, 7) is 0.524. The highest BCUT2D eigenvalue weighted by Crippen LogP contribution is 2.14. The van der Waals surface area contributed by atoms with E-state index in [4.69, 9.17) is 9.47 Å². The molecule has 0 saturated heterocycles. The maximum absolute atomic E-state index is 12.0. The predicted octanol–water partition coefficient (Wildman–Crippen LogP) is 3.97. The summed E-state index contributed by atoms with van der Waals surface area (Å²) in [5, 5.41) is 4.00. The summed E-state index contributed by atoms with van der Waals surface area (Å²) in [6.07, 6.45) is 1.86. The number of nitrogens with one attached hydrogen (secondary N) is 1. The molecule has 0 saturated carbocycles. The Morgan fingerprint density at radius 1 is 0.893 bits per heavy atom. The molecule has 1 N–H and O–H groups in total. The van der Waals surface area contributed by atoms with Gasteiger partial charge in [-0.3, -0.25) is 4.79 Å². The van der Waals surface area contributed by atoms with Gasteiger partial charge in [0.2, 0.25) is 5.91 Å². The van der Waals surface area contributed by atoms with E-state index in [1.54, 1.807) is 13.3 Å². The average Bonchev–Trinajstić information content (AvgIpc) is 2.74. The van der Waals surface area contributed by atoms with Crippen molar-refractivity contribution in [2.45, 2.75) is 13.0 Å². The summed E-state index contributed by atoms with van der Waals surface area (Å²) in [5.74, 6) is 1.37. The molecule has 0 aliphatic rings. The first-order chi connectivity index (χ1) is 13.7. The molecule has 0 unspecified atom stereocenters. The van der Waals surface area contributed by atoms with Crippen molar-refractivity contribution in [2.24, 2.45) is 5.10 Å². The van der Waals surface area contributed by atoms with Gasteiger partial charge in [0.15, 0.2) is 0 Å². The van der Waals surface area contributed by atoms with Crippen molar-refractivity contribution in [1.29, 1.82) is 0 Å². The molecule has 0 aromatic heterocycles. The third-order valence-corrected chi connectivity index (χ3v) is 4.06. The maximum Gasteiger partial charge on any atom is 0.244 e. The van der Waals surface area contributed by atoms with Crippen molar-refractivity contribution in [2.75, 3.05) is 7.11 Å². The van der Waals surface area contributed by atoms with Crippen LogP contribution >= 0.6 is 0 Å².